The molecule has 4 amide bonds. The Morgan fingerprint density at radius 2 is 1.96 bits per heavy atom. The van der Waals surface area contributed by atoms with Gasteiger partial charge in [0.05, 0.1) is 11.5 Å². The molecule has 3 fully saturated rings. The first kappa shape index (κ1) is 18.2. The van der Waals surface area contributed by atoms with Crippen LogP contribution >= 0.6 is 0 Å². The van der Waals surface area contributed by atoms with Gasteiger partial charge in [0.15, 0.2) is 9.84 Å². The highest BCUT2D eigenvalue weighted by Gasteiger charge is 2.52. The third kappa shape index (κ3) is 3.38. The second-order valence-electron chi connectivity index (χ2n) is 7.20. The Kier molecular flexibility index (Phi) is 4.78. The van der Waals surface area contributed by atoms with Gasteiger partial charge in [0.1, 0.15) is 12.1 Å². The predicted molar refractivity (Wildman–Crippen MR) is 90.5 cm³/mol. The number of sulfone groups is 1. The number of imide groups is 1. The third-order valence-corrected chi connectivity index (χ3v) is 7.31. The van der Waals surface area contributed by atoms with Crippen molar-refractivity contribution >= 4 is 27.7 Å². The fourth-order valence-electron chi connectivity index (χ4n) is 4.20. The Labute approximate surface area is 147 Å². The topological polar surface area (TPSA) is 104 Å². The normalized spacial score (nSPS) is 27.6. The molecule has 2 heterocycles. The molecule has 0 aromatic heterocycles. The fourth-order valence-corrected chi connectivity index (χ4v) is 5.93. The van der Waals surface area contributed by atoms with Crippen LogP contribution in [0.25, 0.3) is 0 Å². The molecule has 1 N–H and O–H groups in total. The standard InChI is InChI=1S/C16H25N3O5S/c1-2-18(12-6-9-25(23,24)11-12)13(20)10-19-14(21)16(17-15(19)22)7-4-3-5-8-16/h12H,2-11H2,1H3,(H,17,22)/t12-/m1/s1. The van der Waals surface area contributed by atoms with Crippen LogP contribution < -0.4 is 5.32 Å². The summed E-state index contributed by atoms with van der Waals surface area (Å²) in [6.07, 6.45) is 4.44. The van der Waals surface area contributed by atoms with Crippen LogP contribution in [-0.4, -0.2) is 72.2 Å². The van der Waals surface area contributed by atoms with Gasteiger partial charge in [0.25, 0.3) is 5.91 Å². The van der Waals surface area contributed by atoms with Crippen molar-refractivity contribution in [3.63, 3.8) is 0 Å². The van der Waals surface area contributed by atoms with E-state index in [1.165, 1.54) is 4.90 Å². The minimum absolute atomic E-state index is 0.0450. The van der Waals surface area contributed by atoms with Crippen LogP contribution in [0.3, 0.4) is 0 Å². The maximum Gasteiger partial charge on any atom is 0.325 e. The van der Waals surface area contributed by atoms with E-state index in [0.717, 1.165) is 24.2 Å². The molecular formula is C16H25N3O5S. The second-order valence-corrected chi connectivity index (χ2v) is 9.43. The second kappa shape index (κ2) is 6.59. The monoisotopic (exact) mass is 371 g/mol. The first-order valence-corrected chi connectivity index (χ1v) is 10.7. The van der Waals surface area contributed by atoms with Crippen molar-refractivity contribution in [3.05, 3.63) is 0 Å². The van der Waals surface area contributed by atoms with Crippen molar-refractivity contribution in [2.45, 2.75) is 57.0 Å². The number of urea groups is 1. The average molecular weight is 371 g/mol. The number of carbonyl (C=O) groups excluding carboxylic acids is 3. The molecule has 9 heteroatoms. The van der Waals surface area contributed by atoms with Gasteiger partial charge in [-0.05, 0) is 26.2 Å². The van der Waals surface area contributed by atoms with Crippen LogP contribution in [0.5, 0.6) is 0 Å². The molecule has 8 nitrogen and oxygen atoms in total. The number of likely N-dealkylation sites (N-methyl/N-ethyl adjacent to an activating group) is 1. The minimum atomic E-state index is -3.11. The van der Waals surface area contributed by atoms with Gasteiger partial charge in [0, 0.05) is 12.6 Å². The summed E-state index contributed by atoms with van der Waals surface area (Å²) in [6, 6.07) is -0.887. The van der Waals surface area contributed by atoms with E-state index in [4.69, 9.17) is 0 Å². The van der Waals surface area contributed by atoms with E-state index < -0.39 is 21.4 Å². The van der Waals surface area contributed by atoms with Crippen LogP contribution in [0, 0.1) is 0 Å². The Bertz CT molecular complexity index is 684. The molecule has 2 saturated heterocycles. The van der Waals surface area contributed by atoms with Gasteiger partial charge in [-0.15, -0.1) is 0 Å². The molecule has 3 rings (SSSR count). The molecule has 1 saturated carbocycles. The van der Waals surface area contributed by atoms with E-state index in [1.54, 1.807) is 6.92 Å². The van der Waals surface area contributed by atoms with E-state index in [-0.39, 0.29) is 35.9 Å². The number of hydrogen-bond acceptors (Lipinski definition) is 5. The molecule has 1 spiro atoms. The third-order valence-electron chi connectivity index (χ3n) is 5.56. The zero-order chi connectivity index (χ0) is 18.2. The zero-order valence-corrected chi connectivity index (χ0v) is 15.3. The van der Waals surface area contributed by atoms with E-state index in [9.17, 15) is 22.8 Å². The molecule has 3 aliphatic rings. The lowest BCUT2D eigenvalue weighted by Crippen LogP contribution is -2.50. The van der Waals surface area contributed by atoms with Gasteiger partial charge >= 0.3 is 6.03 Å². The zero-order valence-electron chi connectivity index (χ0n) is 14.5. The van der Waals surface area contributed by atoms with Crippen LogP contribution in [0.1, 0.15) is 45.4 Å². The highest BCUT2D eigenvalue weighted by atomic mass is 32.2. The maximum absolute atomic E-state index is 12.7. The molecule has 25 heavy (non-hydrogen) atoms. The van der Waals surface area contributed by atoms with Crippen molar-refractivity contribution in [2.75, 3.05) is 24.6 Å². The van der Waals surface area contributed by atoms with Crippen molar-refractivity contribution in [3.8, 4) is 0 Å². The molecule has 140 valence electrons. The Morgan fingerprint density at radius 3 is 2.52 bits per heavy atom. The van der Waals surface area contributed by atoms with Gasteiger partial charge in [-0.25, -0.2) is 13.2 Å². The maximum atomic E-state index is 12.7. The van der Waals surface area contributed by atoms with Gasteiger partial charge in [0.2, 0.25) is 5.91 Å². The number of carbonyl (C=O) groups is 3. The average Bonchev–Trinajstić information content (AvgIpc) is 3.02. The highest BCUT2D eigenvalue weighted by Crippen LogP contribution is 2.33. The first-order valence-electron chi connectivity index (χ1n) is 8.92. The van der Waals surface area contributed by atoms with Crippen LogP contribution in [0.15, 0.2) is 0 Å². The molecule has 1 atom stereocenters. The summed E-state index contributed by atoms with van der Waals surface area (Å²) >= 11 is 0. The van der Waals surface area contributed by atoms with Crippen LogP contribution in [0.4, 0.5) is 4.79 Å². The summed E-state index contributed by atoms with van der Waals surface area (Å²) in [4.78, 5) is 40.1. The van der Waals surface area contributed by atoms with Gasteiger partial charge < -0.3 is 10.2 Å². The minimum Gasteiger partial charge on any atom is -0.337 e. The molecule has 0 aromatic rings. The van der Waals surface area contributed by atoms with E-state index in [1.807, 2.05) is 0 Å². The summed E-state index contributed by atoms with van der Waals surface area (Å²) in [5.74, 6) is -0.661. The molecule has 0 unspecified atom stereocenters. The van der Waals surface area contributed by atoms with E-state index in [2.05, 4.69) is 5.32 Å². The van der Waals surface area contributed by atoms with Crippen LogP contribution in [0.2, 0.25) is 0 Å². The number of rotatable bonds is 4. The van der Waals surface area contributed by atoms with Crippen molar-refractivity contribution in [1.29, 1.82) is 0 Å². The van der Waals surface area contributed by atoms with Gasteiger partial charge in [-0.2, -0.15) is 0 Å². The first-order chi connectivity index (χ1) is 11.8. The lowest BCUT2D eigenvalue weighted by Gasteiger charge is -2.31. The number of amides is 4. The quantitative estimate of drug-likeness (QED) is 0.715. The van der Waals surface area contributed by atoms with Crippen molar-refractivity contribution < 1.29 is 22.8 Å². The molecule has 0 radical (unpaired) electrons. The molecule has 2 aliphatic heterocycles. The number of nitrogens with zero attached hydrogens (tertiary/aromatic N) is 2. The fraction of sp³-hybridized carbons (Fsp3) is 0.812. The summed E-state index contributed by atoms with van der Waals surface area (Å²) < 4.78 is 23.3. The van der Waals surface area contributed by atoms with Crippen molar-refractivity contribution in [1.82, 2.24) is 15.1 Å². The largest absolute Gasteiger partial charge is 0.337 e. The smallest absolute Gasteiger partial charge is 0.325 e. The number of hydrogen-bond donors (Lipinski definition) is 1. The Hall–Kier alpha value is -1.64. The lowest BCUT2D eigenvalue weighted by molar-refractivity contribution is -0.140. The van der Waals surface area contributed by atoms with E-state index in [0.29, 0.717) is 25.8 Å². The summed E-state index contributed by atoms with van der Waals surface area (Å²) in [6.45, 7) is 1.81. The summed E-state index contributed by atoms with van der Waals surface area (Å²) in [7, 11) is -3.11. The predicted octanol–water partition coefficient (Wildman–Crippen LogP) is 0.277. The van der Waals surface area contributed by atoms with E-state index >= 15 is 0 Å². The highest BCUT2D eigenvalue weighted by molar-refractivity contribution is 7.91. The molecule has 0 bridgehead atoms. The molecule has 0 aromatic carbocycles. The lowest BCUT2D eigenvalue weighted by atomic mass is 9.82. The number of nitrogens with one attached hydrogen (secondary N) is 1. The Morgan fingerprint density at radius 1 is 1.28 bits per heavy atom. The van der Waals surface area contributed by atoms with Gasteiger partial charge in [-0.3, -0.25) is 14.5 Å². The Balaban J connectivity index is 1.69. The SMILES string of the molecule is CCN(C(=O)CN1C(=O)NC2(CCCCC2)C1=O)[C@@H]1CCS(=O)(=O)C1. The molecular weight excluding hydrogens is 346 g/mol. The summed E-state index contributed by atoms with van der Waals surface area (Å²) in [5.41, 5.74) is -0.844. The van der Waals surface area contributed by atoms with Crippen LogP contribution in [-0.2, 0) is 19.4 Å². The van der Waals surface area contributed by atoms with Gasteiger partial charge in [-0.1, -0.05) is 19.3 Å². The molecule has 1 aliphatic carbocycles. The van der Waals surface area contributed by atoms with Crippen molar-refractivity contribution in [2.24, 2.45) is 0 Å². The summed E-state index contributed by atoms with van der Waals surface area (Å²) in [5, 5.41) is 2.78.